The van der Waals surface area contributed by atoms with Gasteiger partial charge in [0, 0.05) is 23.7 Å². The maximum atomic E-state index is 13.5. The Morgan fingerprint density at radius 1 is 1.38 bits per heavy atom. The van der Waals surface area contributed by atoms with Crippen molar-refractivity contribution in [2.75, 3.05) is 7.05 Å². The number of H-pyrrole nitrogens is 1. The number of aromatic amines is 1. The van der Waals surface area contributed by atoms with Crippen LogP contribution in [0.25, 0.3) is 11.3 Å². The van der Waals surface area contributed by atoms with Crippen LogP contribution in [0.2, 0.25) is 0 Å². The molecular formula is C11H11F2N3. The maximum Gasteiger partial charge on any atom is 0.135 e. The number of aromatic nitrogens is 2. The van der Waals surface area contributed by atoms with Gasteiger partial charge in [0.2, 0.25) is 0 Å². The number of benzene rings is 1. The summed E-state index contributed by atoms with van der Waals surface area (Å²) >= 11 is 0. The smallest absolute Gasteiger partial charge is 0.135 e. The third-order valence-electron chi connectivity index (χ3n) is 2.29. The monoisotopic (exact) mass is 223 g/mol. The first-order valence-corrected chi connectivity index (χ1v) is 4.84. The van der Waals surface area contributed by atoms with Gasteiger partial charge < -0.3 is 5.32 Å². The van der Waals surface area contributed by atoms with Gasteiger partial charge in [-0.3, -0.25) is 5.10 Å². The van der Waals surface area contributed by atoms with Gasteiger partial charge in [-0.15, -0.1) is 0 Å². The molecule has 2 rings (SSSR count). The van der Waals surface area contributed by atoms with Crippen LogP contribution in [0.5, 0.6) is 0 Å². The van der Waals surface area contributed by atoms with Crippen molar-refractivity contribution in [1.29, 1.82) is 0 Å². The fraction of sp³-hybridized carbons (Fsp3) is 0.182. The topological polar surface area (TPSA) is 40.7 Å². The minimum absolute atomic E-state index is 0.323. The van der Waals surface area contributed by atoms with E-state index in [0.29, 0.717) is 17.8 Å². The molecule has 0 fully saturated rings. The molecule has 0 radical (unpaired) electrons. The molecule has 0 unspecified atom stereocenters. The number of hydrogen-bond acceptors (Lipinski definition) is 2. The van der Waals surface area contributed by atoms with Crippen LogP contribution in [0.1, 0.15) is 5.56 Å². The van der Waals surface area contributed by atoms with Crippen molar-refractivity contribution >= 4 is 0 Å². The summed E-state index contributed by atoms with van der Waals surface area (Å²) in [7, 11) is 1.79. The molecule has 16 heavy (non-hydrogen) atoms. The SMILES string of the molecule is CNCc1cn[nH]c1-c1ccc(F)cc1F. The average Bonchev–Trinajstić information content (AvgIpc) is 2.67. The molecule has 5 heteroatoms. The average molecular weight is 223 g/mol. The van der Waals surface area contributed by atoms with E-state index < -0.39 is 11.6 Å². The van der Waals surface area contributed by atoms with Crippen molar-refractivity contribution in [3.8, 4) is 11.3 Å². The molecule has 0 spiro atoms. The quantitative estimate of drug-likeness (QED) is 0.836. The molecule has 0 aliphatic rings. The Balaban J connectivity index is 2.46. The van der Waals surface area contributed by atoms with Gasteiger partial charge >= 0.3 is 0 Å². The fourth-order valence-corrected chi connectivity index (χ4v) is 1.56. The zero-order valence-corrected chi connectivity index (χ0v) is 8.72. The van der Waals surface area contributed by atoms with Crippen molar-refractivity contribution in [2.45, 2.75) is 6.54 Å². The molecule has 2 aromatic rings. The van der Waals surface area contributed by atoms with Crippen LogP contribution in [-0.4, -0.2) is 17.2 Å². The lowest BCUT2D eigenvalue weighted by Crippen LogP contribution is -2.05. The third kappa shape index (κ3) is 1.94. The zero-order chi connectivity index (χ0) is 11.5. The number of hydrogen-bond donors (Lipinski definition) is 2. The first-order chi connectivity index (χ1) is 7.72. The number of nitrogens with one attached hydrogen (secondary N) is 2. The fourth-order valence-electron chi connectivity index (χ4n) is 1.56. The first-order valence-electron chi connectivity index (χ1n) is 4.84. The molecular weight excluding hydrogens is 212 g/mol. The molecule has 0 atom stereocenters. The van der Waals surface area contributed by atoms with Crippen LogP contribution in [0.15, 0.2) is 24.4 Å². The Hall–Kier alpha value is -1.75. The van der Waals surface area contributed by atoms with Crippen molar-refractivity contribution < 1.29 is 8.78 Å². The van der Waals surface area contributed by atoms with E-state index in [4.69, 9.17) is 0 Å². The van der Waals surface area contributed by atoms with Crippen LogP contribution in [0.4, 0.5) is 8.78 Å². The lowest BCUT2D eigenvalue weighted by Gasteiger charge is -2.04. The molecule has 0 saturated carbocycles. The summed E-state index contributed by atoms with van der Waals surface area (Å²) in [5, 5.41) is 9.52. The van der Waals surface area contributed by atoms with E-state index in [1.165, 1.54) is 12.1 Å². The van der Waals surface area contributed by atoms with E-state index in [1.54, 1.807) is 13.2 Å². The van der Waals surface area contributed by atoms with Gasteiger partial charge in [0.1, 0.15) is 11.6 Å². The van der Waals surface area contributed by atoms with Gasteiger partial charge in [0.25, 0.3) is 0 Å². The molecule has 1 heterocycles. The molecule has 0 bridgehead atoms. The van der Waals surface area contributed by atoms with Gasteiger partial charge in [0.15, 0.2) is 0 Å². The van der Waals surface area contributed by atoms with Crippen molar-refractivity contribution in [2.24, 2.45) is 0 Å². The van der Waals surface area contributed by atoms with Gasteiger partial charge in [-0.1, -0.05) is 0 Å². The summed E-state index contributed by atoms with van der Waals surface area (Å²) in [5.74, 6) is -1.18. The summed E-state index contributed by atoms with van der Waals surface area (Å²) < 4.78 is 26.3. The summed E-state index contributed by atoms with van der Waals surface area (Å²) in [6, 6.07) is 3.49. The Morgan fingerprint density at radius 3 is 2.88 bits per heavy atom. The van der Waals surface area contributed by atoms with E-state index in [1.807, 2.05) is 0 Å². The molecule has 0 aliphatic heterocycles. The number of halogens is 2. The molecule has 0 saturated heterocycles. The lowest BCUT2D eigenvalue weighted by atomic mass is 10.1. The van der Waals surface area contributed by atoms with E-state index in [2.05, 4.69) is 15.5 Å². The summed E-state index contributed by atoms with van der Waals surface area (Å²) in [6.45, 7) is 0.572. The lowest BCUT2D eigenvalue weighted by molar-refractivity contribution is 0.585. The van der Waals surface area contributed by atoms with Crippen molar-refractivity contribution in [3.63, 3.8) is 0 Å². The molecule has 0 amide bonds. The van der Waals surface area contributed by atoms with E-state index in [0.717, 1.165) is 11.6 Å². The molecule has 1 aromatic carbocycles. The van der Waals surface area contributed by atoms with Crippen LogP contribution >= 0.6 is 0 Å². The van der Waals surface area contributed by atoms with Gasteiger partial charge in [-0.2, -0.15) is 5.10 Å². The highest BCUT2D eigenvalue weighted by Gasteiger charge is 2.11. The normalized spacial score (nSPS) is 10.7. The van der Waals surface area contributed by atoms with Gasteiger partial charge in [0.05, 0.1) is 11.9 Å². The predicted molar refractivity (Wildman–Crippen MR) is 56.7 cm³/mol. The molecule has 3 nitrogen and oxygen atoms in total. The van der Waals surface area contributed by atoms with Crippen molar-refractivity contribution in [3.05, 3.63) is 41.6 Å². The van der Waals surface area contributed by atoms with Crippen LogP contribution in [-0.2, 0) is 6.54 Å². The number of nitrogens with zero attached hydrogens (tertiary/aromatic N) is 1. The summed E-state index contributed by atoms with van der Waals surface area (Å²) in [6.07, 6.45) is 1.62. The summed E-state index contributed by atoms with van der Waals surface area (Å²) in [5.41, 5.74) is 1.74. The third-order valence-corrected chi connectivity index (χ3v) is 2.29. The Kier molecular flexibility index (Phi) is 2.96. The predicted octanol–water partition coefficient (Wildman–Crippen LogP) is 2.07. The van der Waals surface area contributed by atoms with Gasteiger partial charge in [-0.25, -0.2) is 8.78 Å². The van der Waals surface area contributed by atoms with E-state index in [9.17, 15) is 8.78 Å². The highest BCUT2D eigenvalue weighted by atomic mass is 19.1. The minimum atomic E-state index is -0.596. The largest absolute Gasteiger partial charge is 0.316 e. The van der Waals surface area contributed by atoms with Gasteiger partial charge in [-0.05, 0) is 19.2 Å². The van der Waals surface area contributed by atoms with Crippen molar-refractivity contribution in [1.82, 2.24) is 15.5 Å². The molecule has 0 aliphatic carbocycles. The second kappa shape index (κ2) is 4.40. The molecule has 84 valence electrons. The molecule has 1 aromatic heterocycles. The maximum absolute atomic E-state index is 13.5. The van der Waals surface area contributed by atoms with E-state index in [-0.39, 0.29) is 0 Å². The highest BCUT2D eigenvalue weighted by Crippen LogP contribution is 2.24. The zero-order valence-electron chi connectivity index (χ0n) is 8.72. The van der Waals surface area contributed by atoms with Crippen LogP contribution in [0.3, 0.4) is 0 Å². The Labute approximate surface area is 91.5 Å². The van der Waals surface area contributed by atoms with E-state index >= 15 is 0 Å². The minimum Gasteiger partial charge on any atom is -0.316 e. The number of rotatable bonds is 3. The van der Waals surface area contributed by atoms with Crippen LogP contribution < -0.4 is 5.32 Å². The van der Waals surface area contributed by atoms with Crippen LogP contribution in [0, 0.1) is 11.6 Å². The first kappa shape index (κ1) is 10.8. The second-order valence-electron chi connectivity index (χ2n) is 3.42. The summed E-state index contributed by atoms with van der Waals surface area (Å²) in [4.78, 5) is 0. The molecule has 2 N–H and O–H groups in total. The standard InChI is InChI=1S/C11H11F2N3/c1-14-5-7-6-15-16-11(7)9-3-2-8(12)4-10(9)13/h2-4,6,14H,5H2,1H3,(H,15,16). The Bertz CT molecular complexity index is 494. The highest BCUT2D eigenvalue weighted by molar-refractivity contribution is 5.63. The second-order valence-corrected chi connectivity index (χ2v) is 3.42. The Morgan fingerprint density at radius 2 is 2.19 bits per heavy atom.